The van der Waals surface area contributed by atoms with E-state index in [9.17, 15) is 5.26 Å². The molecule has 0 atom stereocenters. The van der Waals surface area contributed by atoms with Gasteiger partial charge in [0.1, 0.15) is 22.5 Å². The van der Waals surface area contributed by atoms with Gasteiger partial charge < -0.3 is 9.47 Å². The van der Waals surface area contributed by atoms with Crippen molar-refractivity contribution in [2.75, 3.05) is 6.54 Å². The van der Waals surface area contributed by atoms with Crippen LogP contribution in [-0.2, 0) is 13.0 Å². The van der Waals surface area contributed by atoms with E-state index >= 15 is 0 Å². The van der Waals surface area contributed by atoms with Crippen molar-refractivity contribution < 1.29 is 0 Å². The molecule has 0 spiro atoms. The first-order valence-electron chi connectivity index (χ1n) is 9.20. The van der Waals surface area contributed by atoms with Crippen LogP contribution in [0, 0.1) is 11.3 Å². The first-order valence-corrected chi connectivity index (χ1v) is 10.9. The summed E-state index contributed by atoms with van der Waals surface area (Å²) in [6, 6.07) is 10.7. The molecule has 3 heterocycles. The van der Waals surface area contributed by atoms with Crippen LogP contribution in [-0.4, -0.2) is 26.2 Å². The van der Waals surface area contributed by atoms with E-state index in [4.69, 9.17) is 0 Å². The topological polar surface area (TPSA) is 57.7 Å². The van der Waals surface area contributed by atoms with Gasteiger partial charge in [-0.2, -0.15) is 5.26 Å². The number of hydrogen-bond acceptors (Lipinski definition) is 5. The van der Waals surface area contributed by atoms with Crippen molar-refractivity contribution in [3.05, 3.63) is 56.4 Å². The number of hydrogen-bond donors (Lipinski definition) is 0. The molecule has 1 aromatic carbocycles. The van der Waals surface area contributed by atoms with Crippen molar-refractivity contribution in [2.24, 2.45) is 0 Å². The Bertz CT molecular complexity index is 952. The van der Waals surface area contributed by atoms with Crippen LogP contribution in [0.3, 0.4) is 0 Å². The van der Waals surface area contributed by atoms with Gasteiger partial charge >= 0.3 is 0 Å². The molecule has 0 aliphatic carbocycles. The smallest absolute Gasteiger partial charge is 0.177 e. The number of nitrogens with zero attached hydrogens (tertiary/aromatic N) is 5. The fourth-order valence-corrected chi connectivity index (χ4v) is 4.92. The van der Waals surface area contributed by atoms with Crippen LogP contribution in [0.15, 0.2) is 39.2 Å². The molecule has 2 aromatic rings. The summed E-state index contributed by atoms with van der Waals surface area (Å²) >= 11 is 5.09. The summed E-state index contributed by atoms with van der Waals surface area (Å²) in [6.07, 6.45) is 4.39. The normalized spacial score (nSPS) is 18.6. The third-order valence-corrected chi connectivity index (χ3v) is 6.45. The molecule has 0 saturated heterocycles. The summed E-state index contributed by atoms with van der Waals surface area (Å²) in [4.78, 5) is 2.20. The molecule has 0 N–H and O–H groups in total. The summed E-state index contributed by atoms with van der Waals surface area (Å²) < 4.78 is 3.20. The third kappa shape index (κ3) is 3.44. The molecule has 7 heteroatoms. The van der Waals surface area contributed by atoms with E-state index in [2.05, 4.69) is 66.1 Å². The molecular weight excluding hydrogens is 422 g/mol. The lowest BCUT2D eigenvalue weighted by Crippen LogP contribution is -2.18. The van der Waals surface area contributed by atoms with Crippen LogP contribution in [0.1, 0.15) is 43.4 Å². The summed E-state index contributed by atoms with van der Waals surface area (Å²) in [6.45, 7) is 3.79. The zero-order chi connectivity index (χ0) is 18.8. The Morgan fingerprint density at radius 3 is 2.78 bits per heavy atom. The van der Waals surface area contributed by atoms with Gasteiger partial charge in [0.15, 0.2) is 5.82 Å². The molecule has 0 unspecified atom stereocenters. The van der Waals surface area contributed by atoms with Crippen molar-refractivity contribution >= 4 is 39.0 Å². The van der Waals surface area contributed by atoms with E-state index in [1.54, 1.807) is 11.8 Å². The second-order valence-electron chi connectivity index (χ2n) is 6.57. The van der Waals surface area contributed by atoms with Crippen LogP contribution >= 0.6 is 27.7 Å². The van der Waals surface area contributed by atoms with E-state index in [0.29, 0.717) is 11.4 Å². The second kappa shape index (κ2) is 7.91. The van der Waals surface area contributed by atoms with Crippen LogP contribution in [0.4, 0.5) is 0 Å². The quantitative estimate of drug-likeness (QED) is 0.625. The Labute approximate surface area is 171 Å². The van der Waals surface area contributed by atoms with Gasteiger partial charge in [-0.3, -0.25) is 0 Å². The highest BCUT2D eigenvalue weighted by Gasteiger charge is 2.28. The van der Waals surface area contributed by atoms with Crippen molar-refractivity contribution in [3.63, 3.8) is 0 Å². The van der Waals surface area contributed by atoms with Crippen molar-refractivity contribution in [1.82, 2.24) is 19.7 Å². The summed E-state index contributed by atoms with van der Waals surface area (Å²) in [5.74, 6) is 1.71. The number of allylic oxidation sites excluding steroid dienone is 1. The standard InChI is InChI=1S/C20H20BrN5S/c1-2-25-17(14-7-9-15(21)10-8-14)13-27-20(25)16(12-22)19-24-23-18-6-4-3-5-11-26(18)19/h7-10,13H,2-6,11H2,1H3/b20-16-. The molecule has 5 nitrogen and oxygen atoms in total. The number of fused-ring (bicyclic) bond motifs is 1. The number of benzene rings is 1. The number of rotatable bonds is 3. The highest BCUT2D eigenvalue weighted by Crippen LogP contribution is 2.43. The van der Waals surface area contributed by atoms with Gasteiger partial charge in [0.25, 0.3) is 0 Å². The number of nitriles is 1. The van der Waals surface area contributed by atoms with Crippen LogP contribution in [0.2, 0.25) is 0 Å². The van der Waals surface area contributed by atoms with Gasteiger partial charge in [0.05, 0.1) is 5.70 Å². The van der Waals surface area contributed by atoms with Gasteiger partial charge in [-0.05, 0) is 37.5 Å². The number of aromatic nitrogens is 3. The van der Waals surface area contributed by atoms with Crippen molar-refractivity contribution in [2.45, 2.75) is 39.2 Å². The van der Waals surface area contributed by atoms with Crippen LogP contribution in [0.5, 0.6) is 0 Å². The van der Waals surface area contributed by atoms with Crippen molar-refractivity contribution in [1.29, 1.82) is 5.26 Å². The molecule has 0 saturated carbocycles. The molecule has 2 aliphatic rings. The highest BCUT2D eigenvalue weighted by atomic mass is 79.9. The number of thioether (sulfide) groups is 1. The van der Waals surface area contributed by atoms with Gasteiger partial charge in [-0.15, -0.1) is 10.2 Å². The molecule has 0 bridgehead atoms. The van der Waals surface area contributed by atoms with Crippen molar-refractivity contribution in [3.8, 4) is 6.07 Å². The maximum atomic E-state index is 9.98. The Hall–Kier alpha value is -2.04. The summed E-state index contributed by atoms with van der Waals surface area (Å²) in [5, 5.41) is 21.8. The first kappa shape index (κ1) is 18.3. The molecule has 4 rings (SSSR count). The van der Waals surface area contributed by atoms with Gasteiger partial charge in [-0.1, -0.05) is 46.2 Å². The minimum absolute atomic E-state index is 0.617. The SMILES string of the molecule is CCN1C(c2ccc(Br)cc2)=CS/C1=C(/C#N)c1nnc2n1CCCCC2. The molecule has 138 valence electrons. The second-order valence-corrected chi connectivity index (χ2v) is 8.34. The van der Waals surface area contributed by atoms with Crippen LogP contribution in [0.25, 0.3) is 11.3 Å². The fraction of sp³-hybridized carbons (Fsp3) is 0.350. The van der Waals surface area contributed by atoms with E-state index < -0.39 is 0 Å². The third-order valence-electron chi connectivity index (χ3n) is 4.93. The lowest BCUT2D eigenvalue weighted by molar-refractivity contribution is 0.556. The van der Waals surface area contributed by atoms with E-state index in [1.807, 2.05) is 12.1 Å². The predicted molar refractivity (Wildman–Crippen MR) is 112 cm³/mol. The first-order chi connectivity index (χ1) is 13.2. The Morgan fingerprint density at radius 2 is 2.04 bits per heavy atom. The van der Waals surface area contributed by atoms with E-state index in [1.165, 1.54) is 6.42 Å². The maximum absolute atomic E-state index is 9.98. The highest BCUT2D eigenvalue weighted by molar-refractivity contribution is 9.10. The number of halogens is 1. The number of aryl methyl sites for hydroxylation is 1. The molecule has 1 aromatic heterocycles. The minimum atomic E-state index is 0.617. The van der Waals surface area contributed by atoms with E-state index in [0.717, 1.165) is 58.9 Å². The Morgan fingerprint density at radius 1 is 1.22 bits per heavy atom. The Balaban J connectivity index is 1.74. The monoisotopic (exact) mass is 441 g/mol. The fourth-order valence-electron chi connectivity index (χ4n) is 3.56. The molecule has 0 amide bonds. The minimum Gasteiger partial charge on any atom is -0.334 e. The van der Waals surface area contributed by atoms with Crippen LogP contribution < -0.4 is 0 Å². The average Bonchev–Trinajstić information content (AvgIpc) is 3.20. The summed E-state index contributed by atoms with van der Waals surface area (Å²) in [7, 11) is 0. The Kier molecular flexibility index (Phi) is 5.37. The summed E-state index contributed by atoms with van der Waals surface area (Å²) in [5.41, 5.74) is 2.87. The maximum Gasteiger partial charge on any atom is 0.177 e. The predicted octanol–water partition coefficient (Wildman–Crippen LogP) is 5.03. The van der Waals surface area contributed by atoms with Gasteiger partial charge in [-0.25, -0.2) is 0 Å². The molecule has 27 heavy (non-hydrogen) atoms. The zero-order valence-electron chi connectivity index (χ0n) is 15.2. The zero-order valence-corrected chi connectivity index (χ0v) is 17.6. The molecule has 0 radical (unpaired) electrons. The average molecular weight is 442 g/mol. The lowest BCUT2D eigenvalue weighted by atomic mass is 10.1. The largest absolute Gasteiger partial charge is 0.334 e. The molecular formula is C20H20BrN5S. The molecule has 2 aliphatic heterocycles. The lowest BCUT2D eigenvalue weighted by Gasteiger charge is -2.23. The van der Waals surface area contributed by atoms with E-state index in [-0.39, 0.29) is 0 Å². The molecule has 0 fully saturated rings. The van der Waals surface area contributed by atoms with Gasteiger partial charge in [0, 0.05) is 29.4 Å². The van der Waals surface area contributed by atoms with Gasteiger partial charge in [0.2, 0.25) is 0 Å².